The number of carboxylic acids is 1. The molecule has 1 fully saturated rings. The van der Waals surface area contributed by atoms with E-state index in [0.717, 1.165) is 24.8 Å². The van der Waals surface area contributed by atoms with Gasteiger partial charge < -0.3 is 10.2 Å². The molecule has 0 aromatic heterocycles. The summed E-state index contributed by atoms with van der Waals surface area (Å²) in [6, 6.07) is 7.89. The molecule has 16 heavy (non-hydrogen) atoms. The fourth-order valence-electron chi connectivity index (χ4n) is 2.16. The van der Waals surface area contributed by atoms with E-state index in [1.807, 2.05) is 24.3 Å². The van der Waals surface area contributed by atoms with E-state index in [1.165, 1.54) is 5.56 Å². The molecular weight excluding hydrogens is 204 g/mol. The predicted molar refractivity (Wildman–Crippen MR) is 60.4 cm³/mol. The second-order valence-corrected chi connectivity index (χ2v) is 4.45. The van der Waals surface area contributed by atoms with Gasteiger partial charge in [-0.25, -0.2) is 4.79 Å². The number of hydrogen-bond donors (Lipinski definition) is 2. The zero-order valence-corrected chi connectivity index (χ0v) is 9.31. The van der Waals surface area contributed by atoms with E-state index in [2.05, 4.69) is 6.92 Å². The molecule has 0 heterocycles. The third-order valence-corrected chi connectivity index (χ3v) is 3.48. The zero-order chi connectivity index (χ0) is 11.8. The molecule has 0 radical (unpaired) electrons. The highest BCUT2D eigenvalue weighted by atomic mass is 16.4. The van der Waals surface area contributed by atoms with Crippen molar-refractivity contribution in [3.63, 3.8) is 0 Å². The molecule has 1 aromatic carbocycles. The smallest absolute Gasteiger partial charge is 0.333 e. The summed E-state index contributed by atoms with van der Waals surface area (Å²) >= 11 is 0. The number of aliphatic hydroxyl groups excluding tert-OH is 1. The first kappa shape index (κ1) is 11.1. The van der Waals surface area contributed by atoms with Crippen LogP contribution in [-0.2, 0) is 16.6 Å². The lowest BCUT2D eigenvalue weighted by atomic mass is 9.89. The molecule has 1 aliphatic carbocycles. The van der Waals surface area contributed by atoms with Crippen molar-refractivity contribution < 1.29 is 15.0 Å². The van der Waals surface area contributed by atoms with Crippen LogP contribution in [0.1, 0.15) is 30.9 Å². The van der Waals surface area contributed by atoms with Gasteiger partial charge in [0.15, 0.2) is 6.10 Å². The summed E-state index contributed by atoms with van der Waals surface area (Å²) in [7, 11) is 0. The van der Waals surface area contributed by atoms with Gasteiger partial charge in [-0.2, -0.15) is 0 Å². The Morgan fingerprint density at radius 1 is 1.38 bits per heavy atom. The van der Waals surface area contributed by atoms with Crippen LogP contribution in [0.3, 0.4) is 0 Å². The molecule has 3 heteroatoms. The van der Waals surface area contributed by atoms with Gasteiger partial charge in [-0.15, -0.1) is 0 Å². The number of hydrogen-bond acceptors (Lipinski definition) is 2. The van der Waals surface area contributed by atoms with Gasteiger partial charge in [0.25, 0.3) is 0 Å². The van der Waals surface area contributed by atoms with Crippen LogP contribution in [0.25, 0.3) is 0 Å². The molecule has 1 unspecified atom stereocenters. The Balaban J connectivity index is 2.26. The van der Waals surface area contributed by atoms with Gasteiger partial charge in [-0.05, 0) is 30.4 Å². The van der Waals surface area contributed by atoms with Crippen molar-refractivity contribution in [2.24, 2.45) is 0 Å². The third-order valence-electron chi connectivity index (χ3n) is 3.48. The number of rotatable bonds is 4. The Kier molecular flexibility index (Phi) is 2.72. The summed E-state index contributed by atoms with van der Waals surface area (Å²) < 4.78 is 0. The molecule has 3 nitrogen and oxygen atoms in total. The van der Waals surface area contributed by atoms with Crippen LogP contribution in [-0.4, -0.2) is 22.3 Å². The number of carbonyl (C=O) groups is 1. The molecule has 2 N–H and O–H groups in total. The predicted octanol–water partition coefficient (Wildman–Crippen LogP) is 1.73. The van der Waals surface area contributed by atoms with E-state index in [1.54, 1.807) is 0 Å². The number of benzene rings is 1. The monoisotopic (exact) mass is 220 g/mol. The number of aliphatic carboxylic acids is 1. The maximum Gasteiger partial charge on any atom is 0.333 e. The van der Waals surface area contributed by atoms with Gasteiger partial charge in [0.2, 0.25) is 0 Å². The van der Waals surface area contributed by atoms with E-state index in [0.29, 0.717) is 0 Å². The van der Waals surface area contributed by atoms with Crippen LogP contribution in [0.5, 0.6) is 0 Å². The minimum Gasteiger partial charge on any atom is -0.479 e. The SMILES string of the molecule is CCc1ccc(C2(C(O)C(=O)O)CC2)cc1. The zero-order valence-electron chi connectivity index (χ0n) is 9.31. The first-order valence-electron chi connectivity index (χ1n) is 5.60. The minimum atomic E-state index is -1.28. The first-order valence-corrected chi connectivity index (χ1v) is 5.60. The van der Waals surface area contributed by atoms with Crippen molar-refractivity contribution in [3.8, 4) is 0 Å². The number of aliphatic hydroxyl groups is 1. The molecule has 0 amide bonds. The van der Waals surface area contributed by atoms with Gasteiger partial charge in [0.05, 0.1) is 0 Å². The first-order chi connectivity index (χ1) is 7.60. The second-order valence-electron chi connectivity index (χ2n) is 4.45. The molecule has 0 spiro atoms. The standard InChI is InChI=1S/C13H16O3/c1-2-9-3-5-10(6-4-9)13(7-8-13)11(14)12(15)16/h3-6,11,14H,2,7-8H2,1H3,(H,15,16). The van der Waals surface area contributed by atoms with Crippen molar-refractivity contribution in [2.75, 3.05) is 0 Å². The normalized spacial score (nSPS) is 19.1. The molecule has 1 aliphatic rings. The van der Waals surface area contributed by atoms with E-state index in [9.17, 15) is 9.90 Å². The quantitative estimate of drug-likeness (QED) is 0.812. The average molecular weight is 220 g/mol. The molecule has 0 bridgehead atoms. The largest absolute Gasteiger partial charge is 0.479 e. The fraction of sp³-hybridized carbons (Fsp3) is 0.462. The summed E-state index contributed by atoms with van der Waals surface area (Å²) in [4.78, 5) is 10.8. The van der Waals surface area contributed by atoms with Crippen LogP contribution < -0.4 is 0 Å². The van der Waals surface area contributed by atoms with Crippen LogP contribution in [0.2, 0.25) is 0 Å². The summed E-state index contributed by atoms with van der Waals surface area (Å²) in [5, 5.41) is 18.6. The Labute approximate surface area is 94.7 Å². The van der Waals surface area contributed by atoms with Gasteiger partial charge in [-0.3, -0.25) is 0 Å². The van der Waals surface area contributed by atoms with E-state index in [-0.39, 0.29) is 0 Å². The van der Waals surface area contributed by atoms with Crippen molar-refractivity contribution >= 4 is 5.97 Å². The van der Waals surface area contributed by atoms with Crippen LogP contribution >= 0.6 is 0 Å². The van der Waals surface area contributed by atoms with E-state index >= 15 is 0 Å². The molecular formula is C13H16O3. The van der Waals surface area contributed by atoms with E-state index < -0.39 is 17.5 Å². The third kappa shape index (κ3) is 1.71. The van der Waals surface area contributed by atoms with Gasteiger partial charge in [0.1, 0.15) is 0 Å². The minimum absolute atomic E-state index is 0.530. The lowest BCUT2D eigenvalue weighted by Crippen LogP contribution is -2.33. The molecule has 1 saturated carbocycles. The maximum atomic E-state index is 10.8. The highest BCUT2D eigenvalue weighted by molar-refractivity contribution is 5.75. The van der Waals surface area contributed by atoms with Crippen molar-refractivity contribution in [1.29, 1.82) is 0 Å². The van der Waals surface area contributed by atoms with Gasteiger partial charge in [-0.1, -0.05) is 31.2 Å². The van der Waals surface area contributed by atoms with Gasteiger partial charge in [0, 0.05) is 5.41 Å². The molecule has 1 aromatic rings. The highest BCUT2D eigenvalue weighted by Crippen LogP contribution is 2.51. The summed E-state index contributed by atoms with van der Waals surface area (Å²) in [6.45, 7) is 2.08. The highest BCUT2D eigenvalue weighted by Gasteiger charge is 2.53. The molecule has 0 saturated heterocycles. The summed E-state index contributed by atoms with van der Waals surface area (Å²) in [5.41, 5.74) is 1.64. The average Bonchev–Trinajstić information content (AvgIpc) is 3.09. The van der Waals surface area contributed by atoms with Crippen LogP contribution in [0.15, 0.2) is 24.3 Å². The summed E-state index contributed by atoms with van der Waals surface area (Å²) in [5.74, 6) is -1.13. The fourth-order valence-corrected chi connectivity index (χ4v) is 2.16. The van der Waals surface area contributed by atoms with Crippen LogP contribution in [0, 0.1) is 0 Å². The van der Waals surface area contributed by atoms with Crippen molar-refractivity contribution in [2.45, 2.75) is 37.7 Å². The molecule has 86 valence electrons. The van der Waals surface area contributed by atoms with E-state index in [4.69, 9.17) is 5.11 Å². The molecule has 1 atom stereocenters. The molecule has 0 aliphatic heterocycles. The second kappa shape index (κ2) is 3.91. The Hall–Kier alpha value is -1.35. The summed E-state index contributed by atoms with van der Waals surface area (Å²) in [6.07, 6.45) is 1.20. The Morgan fingerprint density at radius 2 is 1.94 bits per heavy atom. The van der Waals surface area contributed by atoms with Crippen LogP contribution in [0.4, 0.5) is 0 Å². The lowest BCUT2D eigenvalue weighted by molar-refractivity contribution is -0.148. The molecule has 2 rings (SSSR count). The maximum absolute atomic E-state index is 10.8. The Morgan fingerprint density at radius 3 is 2.31 bits per heavy atom. The van der Waals surface area contributed by atoms with Gasteiger partial charge >= 0.3 is 5.97 Å². The van der Waals surface area contributed by atoms with Crippen molar-refractivity contribution in [1.82, 2.24) is 0 Å². The topological polar surface area (TPSA) is 57.5 Å². The number of carboxylic acid groups (broad SMARTS) is 1. The number of aryl methyl sites for hydroxylation is 1. The lowest BCUT2D eigenvalue weighted by Gasteiger charge is -2.19. The van der Waals surface area contributed by atoms with Crippen molar-refractivity contribution in [3.05, 3.63) is 35.4 Å². The Bertz CT molecular complexity index is 390.